The van der Waals surface area contributed by atoms with Crippen molar-refractivity contribution in [3.63, 3.8) is 0 Å². The van der Waals surface area contributed by atoms with Gasteiger partial charge in [-0.3, -0.25) is 14.6 Å². The molecule has 2 aromatic heterocycles. The molecule has 3 aromatic rings. The van der Waals surface area contributed by atoms with Crippen molar-refractivity contribution in [1.82, 2.24) is 24.8 Å². The van der Waals surface area contributed by atoms with Crippen LogP contribution in [0.15, 0.2) is 55.0 Å². The molecule has 0 fully saturated rings. The molecule has 0 saturated heterocycles. The summed E-state index contributed by atoms with van der Waals surface area (Å²) in [5.74, 6) is 0.550. The van der Waals surface area contributed by atoms with Crippen molar-refractivity contribution in [3.8, 4) is 5.75 Å². The number of aromatic nitrogens is 3. The third-order valence-electron chi connectivity index (χ3n) is 5.19. The zero-order valence-corrected chi connectivity index (χ0v) is 16.7. The molecule has 1 aliphatic rings. The lowest BCUT2D eigenvalue weighted by atomic mass is 10.1. The Labute approximate surface area is 174 Å². The first kappa shape index (κ1) is 19.6. The summed E-state index contributed by atoms with van der Waals surface area (Å²) in [4.78, 5) is 35.6. The largest absolute Gasteiger partial charge is 0.508 e. The van der Waals surface area contributed by atoms with Crippen molar-refractivity contribution >= 4 is 11.8 Å². The average molecular weight is 405 g/mol. The summed E-state index contributed by atoms with van der Waals surface area (Å²) in [5, 5.41) is 12.5. The number of imidazole rings is 1. The van der Waals surface area contributed by atoms with E-state index in [4.69, 9.17) is 0 Å². The van der Waals surface area contributed by atoms with Crippen LogP contribution in [-0.2, 0) is 24.3 Å². The van der Waals surface area contributed by atoms with Crippen LogP contribution in [0.25, 0.3) is 0 Å². The zero-order chi connectivity index (χ0) is 21.1. The number of amides is 2. The van der Waals surface area contributed by atoms with E-state index in [9.17, 15) is 14.7 Å². The van der Waals surface area contributed by atoms with Gasteiger partial charge >= 0.3 is 0 Å². The Morgan fingerprint density at radius 3 is 2.87 bits per heavy atom. The summed E-state index contributed by atoms with van der Waals surface area (Å²) in [6.07, 6.45) is 5.46. The van der Waals surface area contributed by atoms with E-state index in [0.29, 0.717) is 30.9 Å². The van der Waals surface area contributed by atoms with Crippen molar-refractivity contribution < 1.29 is 14.7 Å². The number of rotatable bonds is 5. The van der Waals surface area contributed by atoms with Gasteiger partial charge in [0, 0.05) is 43.8 Å². The minimum atomic E-state index is -0.235. The minimum absolute atomic E-state index is 0.0617. The van der Waals surface area contributed by atoms with E-state index >= 15 is 0 Å². The standard InChI is InChI=1S/C22H23N5O3/c1-15-21-25-18(11-20(29)24-13-16-4-3-7-23-12-16)14-26(21)8-9-27(15)22(30)17-5-2-6-19(28)10-17/h2-7,10,12,14-15,28H,8-9,11,13H2,1H3,(H,24,29). The number of carbonyl (C=O) groups excluding carboxylic acids is 2. The normalized spacial score (nSPS) is 15.5. The number of phenols is 1. The maximum atomic E-state index is 12.9. The summed E-state index contributed by atoms with van der Waals surface area (Å²) >= 11 is 0. The lowest BCUT2D eigenvalue weighted by molar-refractivity contribution is -0.120. The van der Waals surface area contributed by atoms with Crippen LogP contribution in [0.4, 0.5) is 0 Å². The van der Waals surface area contributed by atoms with Gasteiger partial charge in [-0.25, -0.2) is 4.98 Å². The van der Waals surface area contributed by atoms with Crippen LogP contribution in [0.5, 0.6) is 5.75 Å². The number of benzene rings is 1. The molecule has 0 bridgehead atoms. The van der Waals surface area contributed by atoms with Crippen LogP contribution in [0, 0.1) is 0 Å². The number of nitrogens with one attached hydrogen (secondary N) is 1. The maximum Gasteiger partial charge on any atom is 0.254 e. The molecule has 154 valence electrons. The van der Waals surface area contributed by atoms with Crippen molar-refractivity contribution in [2.75, 3.05) is 6.54 Å². The van der Waals surface area contributed by atoms with Gasteiger partial charge in [0.25, 0.3) is 5.91 Å². The molecule has 1 unspecified atom stereocenters. The number of nitrogens with zero attached hydrogens (tertiary/aromatic N) is 4. The second kappa shape index (κ2) is 8.36. The fourth-order valence-corrected chi connectivity index (χ4v) is 3.64. The number of aromatic hydroxyl groups is 1. The lowest BCUT2D eigenvalue weighted by Gasteiger charge is -2.33. The molecule has 4 rings (SSSR count). The van der Waals surface area contributed by atoms with Crippen LogP contribution in [0.1, 0.15) is 40.4 Å². The molecule has 0 radical (unpaired) electrons. The Morgan fingerprint density at radius 1 is 1.23 bits per heavy atom. The van der Waals surface area contributed by atoms with E-state index in [2.05, 4.69) is 15.3 Å². The third-order valence-corrected chi connectivity index (χ3v) is 5.19. The van der Waals surface area contributed by atoms with Gasteiger partial charge in [0.05, 0.1) is 18.2 Å². The van der Waals surface area contributed by atoms with E-state index in [1.165, 1.54) is 12.1 Å². The summed E-state index contributed by atoms with van der Waals surface area (Å²) in [7, 11) is 0. The number of hydrogen-bond donors (Lipinski definition) is 2. The molecule has 0 aliphatic carbocycles. The van der Waals surface area contributed by atoms with E-state index in [1.807, 2.05) is 29.8 Å². The monoisotopic (exact) mass is 405 g/mol. The van der Waals surface area contributed by atoms with Crippen LogP contribution < -0.4 is 5.32 Å². The first-order valence-electron chi connectivity index (χ1n) is 9.83. The van der Waals surface area contributed by atoms with E-state index in [0.717, 1.165) is 11.4 Å². The maximum absolute atomic E-state index is 12.9. The van der Waals surface area contributed by atoms with Crippen LogP contribution in [-0.4, -0.2) is 42.9 Å². The fourth-order valence-electron chi connectivity index (χ4n) is 3.64. The second-order valence-electron chi connectivity index (χ2n) is 7.32. The van der Waals surface area contributed by atoms with Gasteiger partial charge in [0.15, 0.2) is 0 Å². The Morgan fingerprint density at radius 2 is 2.10 bits per heavy atom. The van der Waals surface area contributed by atoms with Gasteiger partial charge in [-0.2, -0.15) is 0 Å². The van der Waals surface area contributed by atoms with Gasteiger partial charge in [0.2, 0.25) is 5.91 Å². The fraction of sp³-hybridized carbons (Fsp3) is 0.273. The SMILES string of the molecule is CC1c2nc(CC(=O)NCc3cccnc3)cn2CCN1C(=O)c1cccc(O)c1. The van der Waals surface area contributed by atoms with Crippen molar-refractivity contribution in [2.45, 2.75) is 32.5 Å². The highest BCUT2D eigenvalue weighted by Gasteiger charge is 2.30. The van der Waals surface area contributed by atoms with Gasteiger partial charge in [-0.05, 0) is 36.8 Å². The van der Waals surface area contributed by atoms with Crippen molar-refractivity contribution in [2.24, 2.45) is 0 Å². The van der Waals surface area contributed by atoms with Crippen LogP contribution >= 0.6 is 0 Å². The first-order valence-corrected chi connectivity index (χ1v) is 9.83. The van der Waals surface area contributed by atoms with Gasteiger partial charge in [-0.1, -0.05) is 12.1 Å². The van der Waals surface area contributed by atoms with E-state index in [1.54, 1.807) is 29.4 Å². The molecule has 8 nitrogen and oxygen atoms in total. The predicted molar refractivity (Wildman–Crippen MR) is 110 cm³/mol. The topological polar surface area (TPSA) is 100 Å². The van der Waals surface area contributed by atoms with E-state index in [-0.39, 0.29) is 30.0 Å². The number of fused-ring (bicyclic) bond motifs is 1. The zero-order valence-electron chi connectivity index (χ0n) is 16.7. The van der Waals surface area contributed by atoms with Crippen molar-refractivity contribution in [3.05, 3.63) is 77.6 Å². The minimum Gasteiger partial charge on any atom is -0.508 e. The van der Waals surface area contributed by atoms with E-state index < -0.39 is 0 Å². The average Bonchev–Trinajstić information content (AvgIpc) is 3.16. The number of pyridine rings is 1. The molecule has 2 amide bonds. The highest BCUT2D eigenvalue weighted by molar-refractivity contribution is 5.94. The van der Waals surface area contributed by atoms with Gasteiger partial charge < -0.3 is 19.9 Å². The molecule has 30 heavy (non-hydrogen) atoms. The Balaban J connectivity index is 1.42. The molecule has 1 aromatic carbocycles. The molecule has 1 aliphatic heterocycles. The first-order chi connectivity index (χ1) is 14.5. The number of phenolic OH excluding ortho intramolecular Hbond substituents is 1. The van der Waals surface area contributed by atoms with Crippen LogP contribution in [0.3, 0.4) is 0 Å². The van der Waals surface area contributed by atoms with Crippen molar-refractivity contribution in [1.29, 1.82) is 0 Å². The summed E-state index contributed by atoms with van der Waals surface area (Å²) in [5.41, 5.74) is 2.05. The highest BCUT2D eigenvalue weighted by atomic mass is 16.3. The third kappa shape index (κ3) is 4.17. The number of carbonyl (C=O) groups is 2. The Kier molecular flexibility index (Phi) is 5.47. The Bertz CT molecular complexity index is 1060. The summed E-state index contributed by atoms with van der Waals surface area (Å²) in [6, 6.07) is 9.84. The molecule has 8 heteroatoms. The smallest absolute Gasteiger partial charge is 0.254 e. The summed E-state index contributed by atoms with van der Waals surface area (Å²) in [6.45, 7) is 3.48. The molecule has 3 heterocycles. The number of hydrogen-bond acceptors (Lipinski definition) is 5. The molecule has 2 N–H and O–H groups in total. The van der Waals surface area contributed by atoms with Gasteiger partial charge in [-0.15, -0.1) is 0 Å². The second-order valence-corrected chi connectivity index (χ2v) is 7.32. The quantitative estimate of drug-likeness (QED) is 0.677. The molecule has 1 atom stereocenters. The molecular formula is C22H23N5O3. The molecule has 0 saturated carbocycles. The highest BCUT2D eigenvalue weighted by Crippen LogP contribution is 2.27. The van der Waals surface area contributed by atoms with Gasteiger partial charge in [0.1, 0.15) is 11.6 Å². The predicted octanol–water partition coefficient (Wildman–Crippen LogP) is 2.06. The summed E-state index contributed by atoms with van der Waals surface area (Å²) < 4.78 is 2.00. The Hall–Kier alpha value is -3.68. The van der Waals surface area contributed by atoms with Crippen LogP contribution in [0.2, 0.25) is 0 Å². The molecular weight excluding hydrogens is 382 g/mol. The molecule has 0 spiro atoms. The lowest BCUT2D eigenvalue weighted by Crippen LogP contribution is -2.41.